The predicted octanol–water partition coefficient (Wildman–Crippen LogP) is 1.75. The molecule has 5 nitrogen and oxygen atoms in total. The van der Waals surface area contributed by atoms with Crippen molar-refractivity contribution in [1.29, 1.82) is 0 Å². The SMILES string of the molecule is CC(C)(C)C(=O)NCC(=O)N1CCOC(c2ccccc2)C1. The molecule has 1 fully saturated rings. The number of nitrogens with one attached hydrogen (secondary N) is 1. The molecule has 1 aromatic rings. The first kappa shape index (κ1) is 16.5. The molecule has 120 valence electrons. The Bertz CT molecular complexity index is 522. The average Bonchev–Trinajstić information content (AvgIpc) is 2.52. The van der Waals surface area contributed by atoms with Crippen molar-refractivity contribution < 1.29 is 14.3 Å². The van der Waals surface area contributed by atoms with Crippen LogP contribution in [0, 0.1) is 5.41 Å². The Morgan fingerprint density at radius 2 is 1.95 bits per heavy atom. The Morgan fingerprint density at radius 3 is 2.59 bits per heavy atom. The van der Waals surface area contributed by atoms with Crippen LogP contribution in [-0.2, 0) is 14.3 Å². The number of benzene rings is 1. The van der Waals surface area contributed by atoms with Crippen molar-refractivity contribution in [2.75, 3.05) is 26.2 Å². The van der Waals surface area contributed by atoms with Crippen molar-refractivity contribution in [1.82, 2.24) is 10.2 Å². The first-order valence-corrected chi connectivity index (χ1v) is 7.60. The highest BCUT2D eigenvalue weighted by atomic mass is 16.5. The maximum absolute atomic E-state index is 12.3. The monoisotopic (exact) mass is 304 g/mol. The summed E-state index contributed by atoms with van der Waals surface area (Å²) in [5.74, 6) is -0.185. The van der Waals surface area contributed by atoms with E-state index in [1.54, 1.807) is 4.90 Å². The van der Waals surface area contributed by atoms with Crippen LogP contribution in [0.4, 0.5) is 0 Å². The number of ether oxygens (including phenoxy) is 1. The second-order valence-electron chi connectivity index (χ2n) is 6.54. The van der Waals surface area contributed by atoms with Gasteiger partial charge in [-0.2, -0.15) is 0 Å². The fourth-order valence-electron chi connectivity index (χ4n) is 2.28. The molecule has 1 unspecified atom stereocenters. The molecular formula is C17H24N2O3. The van der Waals surface area contributed by atoms with Gasteiger partial charge in [-0.25, -0.2) is 0 Å². The molecular weight excluding hydrogens is 280 g/mol. The predicted molar refractivity (Wildman–Crippen MR) is 84.2 cm³/mol. The maximum atomic E-state index is 12.3. The normalized spacial score (nSPS) is 18.9. The van der Waals surface area contributed by atoms with Crippen molar-refractivity contribution in [2.24, 2.45) is 5.41 Å². The van der Waals surface area contributed by atoms with Gasteiger partial charge < -0.3 is 15.0 Å². The minimum absolute atomic E-state index is 0.0393. The van der Waals surface area contributed by atoms with E-state index in [0.29, 0.717) is 19.7 Å². The third-order valence-electron chi connectivity index (χ3n) is 3.67. The van der Waals surface area contributed by atoms with E-state index < -0.39 is 5.41 Å². The molecule has 1 N–H and O–H groups in total. The Morgan fingerprint density at radius 1 is 1.27 bits per heavy atom. The fourth-order valence-corrected chi connectivity index (χ4v) is 2.28. The number of nitrogens with zero attached hydrogens (tertiary/aromatic N) is 1. The highest BCUT2D eigenvalue weighted by molar-refractivity contribution is 5.87. The van der Waals surface area contributed by atoms with Gasteiger partial charge in [-0.1, -0.05) is 51.1 Å². The van der Waals surface area contributed by atoms with Crippen LogP contribution in [0.15, 0.2) is 30.3 Å². The van der Waals surface area contributed by atoms with Crippen LogP contribution in [0.3, 0.4) is 0 Å². The zero-order valence-corrected chi connectivity index (χ0v) is 13.5. The highest BCUT2D eigenvalue weighted by Gasteiger charge is 2.27. The molecule has 0 aromatic heterocycles. The standard InChI is InChI=1S/C17H24N2O3/c1-17(2,3)16(21)18-11-15(20)19-9-10-22-14(12-19)13-7-5-4-6-8-13/h4-8,14H,9-12H2,1-3H3,(H,18,21). The Kier molecular flexibility index (Phi) is 5.19. The summed E-state index contributed by atoms with van der Waals surface area (Å²) in [7, 11) is 0. The minimum atomic E-state index is -0.488. The number of rotatable bonds is 3. The van der Waals surface area contributed by atoms with Crippen molar-refractivity contribution in [3.05, 3.63) is 35.9 Å². The zero-order chi connectivity index (χ0) is 16.2. The van der Waals surface area contributed by atoms with Gasteiger partial charge in [-0.05, 0) is 5.56 Å². The van der Waals surface area contributed by atoms with Crippen molar-refractivity contribution >= 4 is 11.8 Å². The molecule has 0 spiro atoms. The molecule has 2 amide bonds. The maximum Gasteiger partial charge on any atom is 0.242 e. The number of carbonyl (C=O) groups excluding carboxylic acids is 2. The largest absolute Gasteiger partial charge is 0.370 e. The van der Waals surface area contributed by atoms with E-state index in [1.807, 2.05) is 51.1 Å². The lowest BCUT2D eigenvalue weighted by Crippen LogP contribution is -2.48. The molecule has 0 aliphatic carbocycles. The molecule has 2 rings (SSSR count). The van der Waals surface area contributed by atoms with E-state index in [0.717, 1.165) is 5.56 Å². The molecule has 1 atom stereocenters. The second kappa shape index (κ2) is 6.92. The van der Waals surface area contributed by atoms with Crippen LogP contribution in [0.1, 0.15) is 32.4 Å². The highest BCUT2D eigenvalue weighted by Crippen LogP contribution is 2.21. The first-order chi connectivity index (χ1) is 10.4. The van der Waals surface area contributed by atoms with Crippen LogP contribution < -0.4 is 5.32 Å². The lowest BCUT2D eigenvalue weighted by molar-refractivity contribution is -0.140. The minimum Gasteiger partial charge on any atom is -0.370 e. The number of carbonyl (C=O) groups is 2. The van der Waals surface area contributed by atoms with Crippen LogP contribution in [0.2, 0.25) is 0 Å². The van der Waals surface area contributed by atoms with Gasteiger partial charge in [0.15, 0.2) is 0 Å². The van der Waals surface area contributed by atoms with E-state index in [9.17, 15) is 9.59 Å². The Labute approximate surface area is 131 Å². The van der Waals surface area contributed by atoms with Gasteiger partial charge in [-0.15, -0.1) is 0 Å². The Hall–Kier alpha value is -1.88. The van der Waals surface area contributed by atoms with E-state index in [1.165, 1.54) is 0 Å². The van der Waals surface area contributed by atoms with E-state index >= 15 is 0 Å². The molecule has 1 aliphatic rings. The number of morpholine rings is 1. The summed E-state index contributed by atoms with van der Waals surface area (Å²) in [6, 6.07) is 9.88. The van der Waals surface area contributed by atoms with Crippen LogP contribution >= 0.6 is 0 Å². The average molecular weight is 304 g/mol. The van der Waals surface area contributed by atoms with Crippen LogP contribution in [0.25, 0.3) is 0 Å². The van der Waals surface area contributed by atoms with Crippen molar-refractivity contribution in [3.8, 4) is 0 Å². The second-order valence-corrected chi connectivity index (χ2v) is 6.54. The third-order valence-corrected chi connectivity index (χ3v) is 3.67. The quantitative estimate of drug-likeness (QED) is 0.925. The summed E-state index contributed by atoms with van der Waals surface area (Å²) in [6.07, 6.45) is -0.0998. The third kappa shape index (κ3) is 4.31. The summed E-state index contributed by atoms with van der Waals surface area (Å²) < 4.78 is 5.74. The molecule has 0 radical (unpaired) electrons. The molecule has 1 saturated heterocycles. The van der Waals surface area contributed by atoms with Crippen molar-refractivity contribution in [2.45, 2.75) is 26.9 Å². The number of amides is 2. The van der Waals surface area contributed by atoms with Gasteiger partial charge in [0.1, 0.15) is 6.10 Å². The van der Waals surface area contributed by atoms with Gasteiger partial charge in [0.2, 0.25) is 11.8 Å². The molecule has 1 aliphatic heterocycles. The number of hydrogen-bond acceptors (Lipinski definition) is 3. The first-order valence-electron chi connectivity index (χ1n) is 7.60. The molecule has 1 heterocycles. The lowest BCUT2D eigenvalue weighted by Gasteiger charge is -2.33. The summed E-state index contributed by atoms with van der Waals surface area (Å²) in [5.41, 5.74) is 0.580. The van der Waals surface area contributed by atoms with Gasteiger partial charge in [0.05, 0.1) is 19.7 Å². The number of hydrogen-bond donors (Lipinski definition) is 1. The molecule has 5 heteroatoms. The van der Waals surface area contributed by atoms with Crippen LogP contribution in [-0.4, -0.2) is 43.0 Å². The summed E-state index contributed by atoms with van der Waals surface area (Å²) >= 11 is 0. The summed E-state index contributed by atoms with van der Waals surface area (Å²) in [5, 5.41) is 2.70. The van der Waals surface area contributed by atoms with E-state index in [4.69, 9.17) is 4.74 Å². The Balaban J connectivity index is 1.89. The zero-order valence-electron chi connectivity index (χ0n) is 13.5. The van der Waals surface area contributed by atoms with Gasteiger partial charge in [-0.3, -0.25) is 9.59 Å². The summed E-state index contributed by atoms with van der Waals surface area (Å²) in [6.45, 7) is 7.12. The molecule has 22 heavy (non-hydrogen) atoms. The fraction of sp³-hybridized carbons (Fsp3) is 0.529. The molecule has 1 aromatic carbocycles. The topological polar surface area (TPSA) is 58.6 Å². The van der Waals surface area contributed by atoms with E-state index in [-0.39, 0.29) is 24.5 Å². The van der Waals surface area contributed by atoms with Gasteiger partial charge in [0.25, 0.3) is 0 Å². The van der Waals surface area contributed by atoms with Gasteiger partial charge >= 0.3 is 0 Å². The molecule has 0 bridgehead atoms. The lowest BCUT2D eigenvalue weighted by atomic mass is 9.96. The summed E-state index contributed by atoms with van der Waals surface area (Å²) in [4.78, 5) is 25.8. The smallest absolute Gasteiger partial charge is 0.242 e. The molecule has 0 saturated carbocycles. The van der Waals surface area contributed by atoms with Crippen LogP contribution in [0.5, 0.6) is 0 Å². The van der Waals surface area contributed by atoms with Crippen molar-refractivity contribution in [3.63, 3.8) is 0 Å². The van der Waals surface area contributed by atoms with Gasteiger partial charge in [0, 0.05) is 12.0 Å². The van der Waals surface area contributed by atoms with E-state index in [2.05, 4.69) is 5.32 Å².